The lowest BCUT2D eigenvalue weighted by Gasteiger charge is -2.06. The third kappa shape index (κ3) is 5.52. The van der Waals surface area contributed by atoms with E-state index >= 15 is 0 Å². The van der Waals surface area contributed by atoms with Crippen molar-refractivity contribution in [3.8, 4) is 5.82 Å². The van der Waals surface area contributed by atoms with Gasteiger partial charge in [-0.15, -0.1) is 10.2 Å². The van der Waals surface area contributed by atoms with Gasteiger partial charge >= 0.3 is 0 Å². The van der Waals surface area contributed by atoms with E-state index in [4.69, 9.17) is 0 Å². The first-order valence-electron chi connectivity index (χ1n) is 8.25. The molecule has 146 valence electrons. The lowest BCUT2D eigenvalue weighted by atomic mass is 10.3. The van der Waals surface area contributed by atoms with Crippen LogP contribution in [0.2, 0.25) is 0 Å². The highest BCUT2D eigenvalue weighted by atomic mass is 32.2. The molecule has 0 unspecified atom stereocenters. The topological polar surface area (TPSA) is 72.7 Å². The highest BCUT2D eigenvalue weighted by Gasteiger charge is 2.09. The number of aryl methyl sites for hydroxylation is 2. The summed E-state index contributed by atoms with van der Waals surface area (Å²) < 4.78 is 26.3. The van der Waals surface area contributed by atoms with Gasteiger partial charge in [-0.3, -0.25) is 4.79 Å². The number of carbonyl (C=O) groups excluding carboxylic acids is 1. The number of anilines is 1. The Labute approximate surface area is 169 Å². The molecule has 0 aliphatic carbocycles. The number of benzene rings is 1. The maximum Gasteiger partial charge on any atom is 0.288 e. The van der Waals surface area contributed by atoms with E-state index in [1.807, 2.05) is 19.9 Å². The molecule has 2 aromatic heterocycles. The van der Waals surface area contributed by atoms with Crippen LogP contribution in [0.5, 0.6) is 0 Å². The molecule has 0 saturated carbocycles. The summed E-state index contributed by atoms with van der Waals surface area (Å²) in [5, 5.41) is 16.0. The minimum atomic E-state index is -2.47. The molecule has 10 heteroatoms. The van der Waals surface area contributed by atoms with Crippen LogP contribution in [0, 0.1) is 13.8 Å². The molecule has 0 atom stereocenters. The van der Waals surface area contributed by atoms with Crippen molar-refractivity contribution in [3.05, 3.63) is 53.9 Å². The fourth-order valence-corrected chi connectivity index (χ4v) is 3.53. The average molecular weight is 421 g/mol. The lowest BCUT2D eigenvalue weighted by molar-refractivity contribution is -0.113. The van der Waals surface area contributed by atoms with Crippen molar-refractivity contribution >= 4 is 35.1 Å². The van der Waals surface area contributed by atoms with Gasteiger partial charge in [0.15, 0.2) is 5.82 Å². The molecule has 0 radical (unpaired) electrons. The van der Waals surface area contributed by atoms with Gasteiger partial charge in [-0.1, -0.05) is 23.5 Å². The van der Waals surface area contributed by atoms with Crippen LogP contribution in [-0.4, -0.2) is 37.4 Å². The smallest absolute Gasteiger partial charge is 0.288 e. The van der Waals surface area contributed by atoms with Crippen LogP contribution in [0.25, 0.3) is 5.82 Å². The summed E-state index contributed by atoms with van der Waals surface area (Å²) in [6, 6.07) is 11.8. The van der Waals surface area contributed by atoms with Gasteiger partial charge in [0, 0.05) is 16.3 Å². The quantitative estimate of drug-likeness (QED) is 0.573. The molecule has 1 aromatic carbocycles. The van der Waals surface area contributed by atoms with Crippen LogP contribution >= 0.6 is 23.5 Å². The van der Waals surface area contributed by atoms with Crippen molar-refractivity contribution < 1.29 is 13.6 Å². The van der Waals surface area contributed by atoms with E-state index in [0.29, 0.717) is 33.2 Å². The molecule has 0 aliphatic rings. The summed E-state index contributed by atoms with van der Waals surface area (Å²) in [5.74, 6) is -1.92. The van der Waals surface area contributed by atoms with Gasteiger partial charge in [0.25, 0.3) is 5.76 Å². The third-order valence-corrected chi connectivity index (χ3v) is 5.21. The van der Waals surface area contributed by atoms with Crippen LogP contribution in [0.3, 0.4) is 0 Å². The second-order valence-corrected chi connectivity index (χ2v) is 7.87. The zero-order valence-electron chi connectivity index (χ0n) is 15.1. The fourth-order valence-electron chi connectivity index (χ4n) is 2.42. The molecule has 2 heterocycles. The van der Waals surface area contributed by atoms with E-state index in [9.17, 15) is 13.6 Å². The van der Waals surface area contributed by atoms with Crippen LogP contribution in [-0.2, 0) is 4.79 Å². The molecule has 28 heavy (non-hydrogen) atoms. The first kappa shape index (κ1) is 20.3. The summed E-state index contributed by atoms with van der Waals surface area (Å²) in [6.45, 7) is 3.85. The molecule has 3 rings (SSSR count). The SMILES string of the molecule is Cc1cc(C)n(-c2ccc(SCC(=O)Nc3ccc(SC(F)F)cc3)nn2)n1. The average Bonchev–Trinajstić information content (AvgIpc) is 3.00. The predicted molar refractivity (Wildman–Crippen MR) is 106 cm³/mol. The van der Waals surface area contributed by atoms with Crippen LogP contribution in [0.1, 0.15) is 11.4 Å². The Morgan fingerprint density at radius 1 is 1.14 bits per heavy atom. The Morgan fingerprint density at radius 3 is 2.46 bits per heavy atom. The Morgan fingerprint density at radius 2 is 1.89 bits per heavy atom. The Kier molecular flexibility index (Phi) is 6.63. The summed E-state index contributed by atoms with van der Waals surface area (Å²) in [4.78, 5) is 12.5. The minimum Gasteiger partial charge on any atom is -0.325 e. The number of amides is 1. The van der Waals surface area contributed by atoms with Crippen molar-refractivity contribution in [2.45, 2.75) is 29.5 Å². The summed E-state index contributed by atoms with van der Waals surface area (Å²) >= 11 is 1.72. The van der Waals surface area contributed by atoms with Gasteiger partial charge in [0.2, 0.25) is 5.91 Å². The molecule has 3 aromatic rings. The van der Waals surface area contributed by atoms with E-state index in [1.54, 1.807) is 41.1 Å². The van der Waals surface area contributed by atoms with E-state index in [2.05, 4.69) is 20.6 Å². The number of rotatable bonds is 7. The number of hydrogen-bond acceptors (Lipinski definition) is 6. The number of halogens is 2. The lowest BCUT2D eigenvalue weighted by Crippen LogP contribution is -2.14. The Bertz CT molecular complexity index is 946. The first-order valence-corrected chi connectivity index (χ1v) is 10.1. The molecular formula is C18H17F2N5OS2. The summed E-state index contributed by atoms with van der Waals surface area (Å²) in [5.41, 5.74) is 2.41. The number of aromatic nitrogens is 4. The normalized spacial score (nSPS) is 11.0. The van der Waals surface area contributed by atoms with Crippen molar-refractivity contribution in [2.24, 2.45) is 0 Å². The monoisotopic (exact) mass is 421 g/mol. The maximum absolute atomic E-state index is 12.3. The van der Waals surface area contributed by atoms with Gasteiger partial charge in [0.05, 0.1) is 11.4 Å². The molecule has 6 nitrogen and oxygen atoms in total. The molecule has 0 aliphatic heterocycles. The number of nitrogens with one attached hydrogen (secondary N) is 1. The van der Waals surface area contributed by atoms with Gasteiger partial charge in [-0.25, -0.2) is 4.68 Å². The molecule has 0 saturated heterocycles. The van der Waals surface area contributed by atoms with Crippen LogP contribution in [0.15, 0.2) is 52.4 Å². The van der Waals surface area contributed by atoms with Gasteiger partial charge in [0.1, 0.15) is 5.03 Å². The summed E-state index contributed by atoms with van der Waals surface area (Å²) in [6.07, 6.45) is 0. The largest absolute Gasteiger partial charge is 0.325 e. The Balaban J connectivity index is 1.52. The highest BCUT2D eigenvalue weighted by molar-refractivity contribution is 8.00. The zero-order valence-corrected chi connectivity index (χ0v) is 16.7. The number of alkyl halides is 2. The molecular weight excluding hydrogens is 404 g/mol. The van der Waals surface area contributed by atoms with E-state index in [0.717, 1.165) is 11.4 Å². The maximum atomic E-state index is 12.3. The van der Waals surface area contributed by atoms with E-state index in [1.165, 1.54) is 11.8 Å². The van der Waals surface area contributed by atoms with Gasteiger partial charge in [-0.2, -0.15) is 13.9 Å². The number of nitrogens with zero attached hydrogens (tertiary/aromatic N) is 4. The molecule has 0 fully saturated rings. The second-order valence-electron chi connectivity index (χ2n) is 5.81. The molecule has 1 amide bonds. The van der Waals surface area contributed by atoms with Crippen LogP contribution < -0.4 is 5.32 Å². The molecule has 1 N–H and O–H groups in total. The van der Waals surface area contributed by atoms with Crippen LogP contribution in [0.4, 0.5) is 14.5 Å². The second kappa shape index (κ2) is 9.16. The van der Waals surface area contributed by atoms with E-state index in [-0.39, 0.29) is 11.7 Å². The van der Waals surface area contributed by atoms with E-state index < -0.39 is 5.76 Å². The number of carbonyl (C=O) groups is 1. The number of thioether (sulfide) groups is 2. The molecule has 0 spiro atoms. The van der Waals surface area contributed by atoms with Gasteiger partial charge in [-0.05, 0) is 56.3 Å². The van der Waals surface area contributed by atoms with Crippen molar-refractivity contribution in [1.29, 1.82) is 0 Å². The first-order chi connectivity index (χ1) is 13.4. The molecule has 0 bridgehead atoms. The predicted octanol–water partition coefficient (Wildman–Crippen LogP) is 4.32. The van der Waals surface area contributed by atoms with Gasteiger partial charge < -0.3 is 5.32 Å². The third-order valence-electron chi connectivity index (χ3n) is 3.57. The standard InChI is InChI=1S/C18H17F2N5OS2/c1-11-9-12(2)25(24-11)15-7-8-17(23-22-15)27-10-16(26)21-13-3-5-14(6-4-13)28-18(19)20/h3-9,18H,10H2,1-2H3,(H,21,26). The fraction of sp³-hybridized carbons (Fsp3) is 0.222. The summed E-state index contributed by atoms with van der Waals surface area (Å²) in [7, 11) is 0. The van der Waals surface area contributed by atoms with Crippen molar-refractivity contribution in [2.75, 3.05) is 11.1 Å². The highest BCUT2D eigenvalue weighted by Crippen LogP contribution is 2.26. The zero-order chi connectivity index (χ0) is 20.1. The van der Waals surface area contributed by atoms with Crippen molar-refractivity contribution in [1.82, 2.24) is 20.0 Å². The number of hydrogen-bond donors (Lipinski definition) is 1. The Hall–Kier alpha value is -2.46. The van der Waals surface area contributed by atoms with Crippen molar-refractivity contribution in [3.63, 3.8) is 0 Å². The minimum absolute atomic E-state index is 0.154.